The van der Waals surface area contributed by atoms with E-state index in [1.54, 1.807) is 25.1 Å². The van der Waals surface area contributed by atoms with Crippen molar-refractivity contribution in [2.24, 2.45) is 0 Å². The molecular weight excluding hydrogens is 230 g/mol. The maximum absolute atomic E-state index is 9.90. The molecule has 1 atom stereocenters. The SMILES string of the molecule is CCOC(=N)C(O)c1c(Cl)cccc1OC. The van der Waals surface area contributed by atoms with E-state index in [0.29, 0.717) is 22.9 Å². The van der Waals surface area contributed by atoms with Crippen molar-refractivity contribution in [3.05, 3.63) is 28.8 Å². The zero-order chi connectivity index (χ0) is 12.1. The van der Waals surface area contributed by atoms with Crippen LogP contribution in [0, 0.1) is 5.41 Å². The zero-order valence-electron chi connectivity index (χ0n) is 9.16. The van der Waals surface area contributed by atoms with Gasteiger partial charge in [-0.25, -0.2) is 0 Å². The molecule has 0 aromatic heterocycles. The summed E-state index contributed by atoms with van der Waals surface area (Å²) in [6.07, 6.45) is -1.21. The minimum atomic E-state index is -1.21. The smallest absolute Gasteiger partial charge is 0.215 e. The molecule has 0 aliphatic heterocycles. The molecule has 1 aromatic carbocycles. The first-order valence-corrected chi connectivity index (χ1v) is 5.21. The van der Waals surface area contributed by atoms with Crippen LogP contribution in [0.5, 0.6) is 5.75 Å². The van der Waals surface area contributed by atoms with Gasteiger partial charge in [0.2, 0.25) is 5.90 Å². The summed E-state index contributed by atoms with van der Waals surface area (Å²) >= 11 is 5.96. The van der Waals surface area contributed by atoms with E-state index in [-0.39, 0.29) is 5.90 Å². The lowest BCUT2D eigenvalue weighted by molar-refractivity contribution is 0.187. The number of nitrogens with one attached hydrogen (secondary N) is 1. The van der Waals surface area contributed by atoms with Crippen molar-refractivity contribution >= 4 is 17.5 Å². The average molecular weight is 244 g/mol. The van der Waals surface area contributed by atoms with Gasteiger partial charge in [0, 0.05) is 0 Å². The van der Waals surface area contributed by atoms with Crippen molar-refractivity contribution in [3.63, 3.8) is 0 Å². The van der Waals surface area contributed by atoms with Crippen LogP contribution in [-0.2, 0) is 4.74 Å². The molecule has 0 spiro atoms. The first kappa shape index (κ1) is 12.8. The van der Waals surface area contributed by atoms with Crippen LogP contribution in [0.3, 0.4) is 0 Å². The molecule has 0 aliphatic rings. The molecule has 0 radical (unpaired) electrons. The third-order valence-corrected chi connectivity index (χ3v) is 2.38. The second-order valence-corrected chi connectivity index (χ2v) is 3.46. The Morgan fingerprint density at radius 2 is 2.25 bits per heavy atom. The van der Waals surface area contributed by atoms with Gasteiger partial charge in [-0.15, -0.1) is 0 Å². The Labute approximate surface area is 99.3 Å². The van der Waals surface area contributed by atoms with Crippen LogP contribution in [0.4, 0.5) is 0 Å². The Morgan fingerprint density at radius 1 is 1.56 bits per heavy atom. The number of rotatable bonds is 4. The maximum Gasteiger partial charge on any atom is 0.215 e. The van der Waals surface area contributed by atoms with E-state index in [9.17, 15) is 5.11 Å². The van der Waals surface area contributed by atoms with E-state index >= 15 is 0 Å². The lowest BCUT2D eigenvalue weighted by atomic mass is 10.1. The van der Waals surface area contributed by atoms with E-state index in [0.717, 1.165) is 0 Å². The first-order chi connectivity index (χ1) is 7.61. The Hall–Kier alpha value is -1.26. The van der Waals surface area contributed by atoms with Gasteiger partial charge >= 0.3 is 0 Å². The molecule has 0 aliphatic carbocycles. The second-order valence-electron chi connectivity index (χ2n) is 3.06. The highest BCUT2D eigenvalue weighted by molar-refractivity contribution is 6.31. The van der Waals surface area contributed by atoms with Crippen molar-refractivity contribution in [3.8, 4) is 5.75 Å². The Bertz CT molecular complexity index is 381. The first-order valence-electron chi connectivity index (χ1n) is 4.83. The summed E-state index contributed by atoms with van der Waals surface area (Å²) in [5.41, 5.74) is 0.352. The molecule has 0 saturated carbocycles. The molecule has 0 saturated heterocycles. The minimum absolute atomic E-state index is 0.242. The molecule has 0 fully saturated rings. The van der Waals surface area contributed by atoms with Crippen LogP contribution in [-0.4, -0.2) is 24.7 Å². The standard InChI is InChI=1S/C11H14ClNO3/c1-3-16-11(13)10(14)9-7(12)5-4-6-8(9)15-2/h4-6,10,13-14H,3H2,1-2H3. The molecule has 5 heteroatoms. The number of aliphatic hydroxyl groups excluding tert-OH is 1. The quantitative estimate of drug-likeness (QED) is 0.631. The molecule has 0 heterocycles. The molecule has 88 valence electrons. The number of halogens is 1. The summed E-state index contributed by atoms with van der Waals surface area (Å²) < 4.78 is 10.0. The van der Waals surface area contributed by atoms with Gasteiger partial charge in [-0.3, -0.25) is 5.41 Å². The second kappa shape index (κ2) is 5.72. The monoisotopic (exact) mass is 243 g/mol. The molecule has 2 N–H and O–H groups in total. The molecule has 4 nitrogen and oxygen atoms in total. The van der Waals surface area contributed by atoms with Crippen LogP contribution in [0.15, 0.2) is 18.2 Å². The molecule has 1 rings (SSSR count). The van der Waals surface area contributed by atoms with Gasteiger partial charge in [-0.1, -0.05) is 17.7 Å². The Balaban J connectivity index is 3.06. The summed E-state index contributed by atoms with van der Waals surface area (Å²) in [5.74, 6) is 0.193. The lowest BCUT2D eigenvalue weighted by Gasteiger charge is -2.16. The average Bonchev–Trinajstić information content (AvgIpc) is 2.28. The molecular formula is C11H14ClNO3. The van der Waals surface area contributed by atoms with Gasteiger partial charge in [0.15, 0.2) is 6.10 Å². The number of benzene rings is 1. The van der Waals surface area contributed by atoms with Crippen molar-refractivity contribution in [1.29, 1.82) is 5.41 Å². The molecule has 16 heavy (non-hydrogen) atoms. The zero-order valence-corrected chi connectivity index (χ0v) is 9.91. The highest BCUT2D eigenvalue weighted by Gasteiger charge is 2.22. The fourth-order valence-corrected chi connectivity index (χ4v) is 1.60. The summed E-state index contributed by atoms with van der Waals surface area (Å²) in [6, 6.07) is 5.01. The summed E-state index contributed by atoms with van der Waals surface area (Å²) in [7, 11) is 1.48. The van der Waals surface area contributed by atoms with Crippen molar-refractivity contribution < 1.29 is 14.6 Å². The van der Waals surface area contributed by atoms with E-state index < -0.39 is 6.10 Å². The number of aliphatic hydroxyl groups is 1. The molecule has 0 bridgehead atoms. The van der Waals surface area contributed by atoms with Crippen LogP contribution in [0.2, 0.25) is 5.02 Å². The van der Waals surface area contributed by atoms with Crippen molar-refractivity contribution in [1.82, 2.24) is 0 Å². The Morgan fingerprint density at radius 3 is 2.81 bits per heavy atom. The maximum atomic E-state index is 9.90. The normalized spacial score (nSPS) is 12.0. The van der Waals surface area contributed by atoms with Crippen molar-refractivity contribution in [2.45, 2.75) is 13.0 Å². The van der Waals surface area contributed by atoms with E-state index in [1.165, 1.54) is 7.11 Å². The largest absolute Gasteiger partial charge is 0.496 e. The number of hydrogen-bond donors (Lipinski definition) is 2. The van der Waals surface area contributed by atoms with Gasteiger partial charge in [-0.05, 0) is 19.1 Å². The fraction of sp³-hybridized carbons (Fsp3) is 0.364. The minimum Gasteiger partial charge on any atom is -0.496 e. The summed E-state index contributed by atoms with van der Waals surface area (Å²) in [6.45, 7) is 2.06. The lowest BCUT2D eigenvalue weighted by Crippen LogP contribution is -2.15. The van der Waals surface area contributed by atoms with Crippen molar-refractivity contribution in [2.75, 3.05) is 13.7 Å². The Kier molecular flexibility index (Phi) is 4.58. The van der Waals surface area contributed by atoms with E-state index in [4.69, 9.17) is 26.5 Å². The van der Waals surface area contributed by atoms with Gasteiger partial charge in [0.05, 0.1) is 24.3 Å². The highest BCUT2D eigenvalue weighted by Crippen LogP contribution is 2.32. The third kappa shape index (κ3) is 2.65. The summed E-state index contributed by atoms with van der Waals surface area (Å²) in [5, 5.41) is 17.8. The van der Waals surface area contributed by atoms with Gasteiger partial charge in [-0.2, -0.15) is 0 Å². The predicted octanol–water partition coefficient (Wildman–Crippen LogP) is 2.40. The van der Waals surface area contributed by atoms with E-state index in [2.05, 4.69) is 0 Å². The predicted molar refractivity (Wildman–Crippen MR) is 62.3 cm³/mol. The van der Waals surface area contributed by atoms with Gasteiger partial charge in [0.1, 0.15) is 5.75 Å². The number of methoxy groups -OCH3 is 1. The molecule has 0 amide bonds. The van der Waals surface area contributed by atoms with Crippen LogP contribution < -0.4 is 4.74 Å². The topological polar surface area (TPSA) is 62.5 Å². The van der Waals surface area contributed by atoms with Gasteiger partial charge < -0.3 is 14.6 Å². The number of ether oxygens (including phenoxy) is 2. The van der Waals surface area contributed by atoms with Crippen LogP contribution in [0.1, 0.15) is 18.6 Å². The van der Waals surface area contributed by atoms with Gasteiger partial charge in [0.25, 0.3) is 0 Å². The van der Waals surface area contributed by atoms with Crippen LogP contribution in [0.25, 0.3) is 0 Å². The molecule has 1 aromatic rings. The fourth-order valence-electron chi connectivity index (χ4n) is 1.33. The number of hydrogen-bond acceptors (Lipinski definition) is 4. The highest BCUT2D eigenvalue weighted by atomic mass is 35.5. The van der Waals surface area contributed by atoms with Crippen LogP contribution >= 0.6 is 11.6 Å². The summed E-state index contributed by atoms with van der Waals surface area (Å²) in [4.78, 5) is 0. The van der Waals surface area contributed by atoms with E-state index in [1.807, 2.05) is 0 Å². The molecule has 1 unspecified atom stereocenters. The third-order valence-electron chi connectivity index (χ3n) is 2.05.